The number of aliphatic hydroxyl groups is 2. The van der Waals surface area contributed by atoms with Crippen LogP contribution >= 0.6 is 0 Å². The average molecular weight is 927 g/mol. The topological polar surface area (TPSA) is 95.9 Å². The van der Waals surface area contributed by atoms with E-state index in [1.54, 1.807) is 0 Å². The Morgan fingerprint density at radius 1 is 0.439 bits per heavy atom. The van der Waals surface area contributed by atoms with E-state index in [1.807, 2.05) is 0 Å². The molecule has 0 rings (SSSR count). The number of unbranched alkanes of at least 4 members (excludes halogenated alkanes) is 32. The molecule has 0 saturated heterocycles. The third-order valence-corrected chi connectivity index (χ3v) is 13.1. The number of hydrogen-bond donors (Lipinski definition) is 3. The van der Waals surface area contributed by atoms with Crippen LogP contribution in [0.15, 0.2) is 48.6 Å². The molecular formula is C60H111NO5. The second kappa shape index (κ2) is 53.8. The van der Waals surface area contributed by atoms with Crippen LogP contribution in [-0.4, -0.2) is 46.9 Å². The van der Waals surface area contributed by atoms with Gasteiger partial charge in [0.05, 0.1) is 25.2 Å². The van der Waals surface area contributed by atoms with Gasteiger partial charge in [-0.05, 0) is 89.9 Å². The quantitative estimate of drug-likeness (QED) is 0.0321. The molecule has 0 aliphatic carbocycles. The fraction of sp³-hybridized carbons (Fsp3) is 0.833. The molecular weight excluding hydrogens is 815 g/mol. The van der Waals surface area contributed by atoms with E-state index in [0.29, 0.717) is 19.3 Å². The van der Waals surface area contributed by atoms with Gasteiger partial charge in [0, 0.05) is 6.42 Å². The second-order valence-corrected chi connectivity index (χ2v) is 19.7. The van der Waals surface area contributed by atoms with Crippen LogP contribution in [0.2, 0.25) is 0 Å². The van der Waals surface area contributed by atoms with E-state index in [0.717, 1.165) is 89.9 Å². The van der Waals surface area contributed by atoms with Crippen molar-refractivity contribution in [3.8, 4) is 0 Å². The minimum atomic E-state index is -0.796. The highest BCUT2D eigenvalue weighted by atomic mass is 16.5. The van der Waals surface area contributed by atoms with Crippen molar-refractivity contribution in [2.75, 3.05) is 6.61 Å². The van der Waals surface area contributed by atoms with Crippen molar-refractivity contribution in [3.63, 3.8) is 0 Å². The fourth-order valence-electron chi connectivity index (χ4n) is 8.73. The van der Waals surface area contributed by atoms with E-state index < -0.39 is 18.2 Å². The monoisotopic (exact) mass is 926 g/mol. The van der Waals surface area contributed by atoms with Crippen molar-refractivity contribution in [1.29, 1.82) is 0 Å². The molecule has 66 heavy (non-hydrogen) atoms. The molecule has 0 fully saturated rings. The van der Waals surface area contributed by atoms with Gasteiger partial charge in [-0.15, -0.1) is 0 Å². The van der Waals surface area contributed by atoms with E-state index in [-0.39, 0.29) is 24.9 Å². The molecule has 6 nitrogen and oxygen atoms in total. The van der Waals surface area contributed by atoms with Crippen LogP contribution < -0.4 is 5.32 Å². The van der Waals surface area contributed by atoms with Gasteiger partial charge in [-0.2, -0.15) is 0 Å². The largest absolute Gasteiger partial charge is 0.462 e. The number of hydrogen-bond acceptors (Lipinski definition) is 5. The summed E-state index contributed by atoms with van der Waals surface area (Å²) in [4.78, 5) is 26.3. The van der Waals surface area contributed by atoms with Crippen LogP contribution in [0.25, 0.3) is 0 Å². The normalized spacial score (nSPS) is 13.5. The highest BCUT2D eigenvalue weighted by Crippen LogP contribution is 2.18. The highest BCUT2D eigenvalue weighted by Gasteiger charge is 2.24. The van der Waals surface area contributed by atoms with Crippen LogP contribution in [0.3, 0.4) is 0 Å². The molecule has 0 bridgehead atoms. The summed E-state index contributed by atoms with van der Waals surface area (Å²) in [7, 11) is 0. The standard InChI is InChI=1S/C60H111NO5/c1-4-7-10-13-16-19-22-25-28-30-32-35-38-41-44-47-50-53-60(65)66-56(51-48-45-42-39-36-33-31-29-26-23-20-17-14-11-8-5-2)54-59(64)61-57(55-62)58(63)52-49-46-43-40-37-34-27-24-21-18-15-12-9-6-3/h16,19,25,28,32-33,35-36,56-58,62-63H,4-15,17-18,20-24,26-27,29-31,34,37-55H2,1-3H3,(H,61,64)/b19-16-,28-25-,35-32-,36-33+. The van der Waals surface area contributed by atoms with Crippen molar-refractivity contribution in [2.45, 2.75) is 315 Å². The SMILES string of the molecule is CCCCC/C=C\C/C=C\C/C=C\CCCCCCC(=O)OC(CCCCC/C=C/CCCCCCCCCCC)CC(=O)NC(CO)C(O)CCCCCCCCCCCCCCCC. The summed E-state index contributed by atoms with van der Waals surface area (Å²) >= 11 is 0. The number of carbonyl (C=O) groups is 2. The number of allylic oxidation sites excluding steroid dienone is 8. The molecule has 386 valence electrons. The zero-order chi connectivity index (χ0) is 48.1. The van der Waals surface area contributed by atoms with Crippen molar-refractivity contribution in [3.05, 3.63) is 48.6 Å². The lowest BCUT2D eigenvalue weighted by Gasteiger charge is -2.24. The first-order chi connectivity index (χ1) is 32.5. The lowest BCUT2D eigenvalue weighted by Crippen LogP contribution is -2.46. The van der Waals surface area contributed by atoms with Gasteiger partial charge in [-0.1, -0.05) is 243 Å². The Labute approximate surface area is 410 Å². The molecule has 3 unspecified atom stereocenters. The molecule has 0 spiro atoms. The first kappa shape index (κ1) is 63.8. The Kier molecular flexibility index (Phi) is 52.0. The summed E-state index contributed by atoms with van der Waals surface area (Å²) in [5, 5.41) is 23.9. The molecule has 0 aromatic heterocycles. The molecule has 0 aromatic carbocycles. The summed E-state index contributed by atoms with van der Waals surface area (Å²) in [6.45, 7) is 6.47. The maximum absolute atomic E-state index is 13.3. The third kappa shape index (κ3) is 48.3. The van der Waals surface area contributed by atoms with Crippen LogP contribution in [0.1, 0.15) is 297 Å². The van der Waals surface area contributed by atoms with Gasteiger partial charge < -0.3 is 20.3 Å². The minimum absolute atomic E-state index is 0.0593. The molecule has 1 amide bonds. The number of nitrogens with one attached hydrogen (secondary N) is 1. The molecule has 6 heteroatoms. The molecule has 0 aliphatic rings. The smallest absolute Gasteiger partial charge is 0.306 e. The summed E-state index contributed by atoms with van der Waals surface area (Å²) in [5.41, 5.74) is 0. The number of amides is 1. The Morgan fingerprint density at radius 3 is 1.23 bits per heavy atom. The molecule has 0 saturated carbocycles. The van der Waals surface area contributed by atoms with Crippen molar-refractivity contribution in [1.82, 2.24) is 5.32 Å². The number of rotatable bonds is 52. The summed E-state index contributed by atoms with van der Waals surface area (Å²) in [5.74, 6) is -0.504. The molecule has 0 aliphatic heterocycles. The van der Waals surface area contributed by atoms with E-state index in [2.05, 4.69) is 74.7 Å². The highest BCUT2D eigenvalue weighted by molar-refractivity contribution is 5.77. The molecule has 0 aromatic rings. The van der Waals surface area contributed by atoms with Crippen LogP contribution in [0, 0.1) is 0 Å². The van der Waals surface area contributed by atoms with Gasteiger partial charge in [0.2, 0.25) is 5.91 Å². The first-order valence-corrected chi connectivity index (χ1v) is 28.9. The number of esters is 1. The minimum Gasteiger partial charge on any atom is -0.462 e. The van der Waals surface area contributed by atoms with E-state index in [9.17, 15) is 19.8 Å². The fourth-order valence-corrected chi connectivity index (χ4v) is 8.73. The van der Waals surface area contributed by atoms with Gasteiger partial charge in [0.1, 0.15) is 6.10 Å². The lowest BCUT2D eigenvalue weighted by molar-refractivity contribution is -0.151. The maximum atomic E-state index is 13.3. The number of carbonyl (C=O) groups excluding carboxylic acids is 2. The Morgan fingerprint density at radius 2 is 0.773 bits per heavy atom. The maximum Gasteiger partial charge on any atom is 0.306 e. The molecule has 0 heterocycles. The van der Waals surface area contributed by atoms with E-state index in [4.69, 9.17) is 4.74 Å². The first-order valence-electron chi connectivity index (χ1n) is 28.9. The van der Waals surface area contributed by atoms with Crippen molar-refractivity contribution >= 4 is 11.9 Å². The Balaban J connectivity index is 4.62. The van der Waals surface area contributed by atoms with Gasteiger partial charge in [-0.3, -0.25) is 9.59 Å². The van der Waals surface area contributed by atoms with Crippen LogP contribution in [0.5, 0.6) is 0 Å². The van der Waals surface area contributed by atoms with Gasteiger partial charge in [-0.25, -0.2) is 0 Å². The molecule has 3 N–H and O–H groups in total. The summed E-state index contributed by atoms with van der Waals surface area (Å²) in [6, 6.07) is -0.711. The predicted molar refractivity (Wildman–Crippen MR) is 287 cm³/mol. The Hall–Kier alpha value is -2.18. The van der Waals surface area contributed by atoms with Crippen LogP contribution in [-0.2, 0) is 14.3 Å². The zero-order valence-electron chi connectivity index (χ0n) is 44.1. The van der Waals surface area contributed by atoms with Crippen LogP contribution in [0.4, 0.5) is 0 Å². The van der Waals surface area contributed by atoms with E-state index >= 15 is 0 Å². The third-order valence-electron chi connectivity index (χ3n) is 13.1. The zero-order valence-corrected chi connectivity index (χ0v) is 44.1. The molecule has 0 radical (unpaired) electrons. The van der Waals surface area contributed by atoms with Crippen molar-refractivity contribution < 1.29 is 24.5 Å². The Bertz CT molecular complexity index is 1130. The average Bonchev–Trinajstić information content (AvgIpc) is 3.31. The predicted octanol–water partition coefficient (Wildman–Crippen LogP) is 17.8. The van der Waals surface area contributed by atoms with E-state index in [1.165, 1.54) is 161 Å². The molecule has 3 atom stereocenters. The van der Waals surface area contributed by atoms with Gasteiger partial charge in [0.15, 0.2) is 0 Å². The summed E-state index contributed by atoms with van der Waals surface area (Å²) < 4.78 is 5.95. The lowest BCUT2D eigenvalue weighted by atomic mass is 10.0. The summed E-state index contributed by atoms with van der Waals surface area (Å²) in [6.07, 6.45) is 66.0. The van der Waals surface area contributed by atoms with Gasteiger partial charge in [0.25, 0.3) is 0 Å². The van der Waals surface area contributed by atoms with Gasteiger partial charge >= 0.3 is 5.97 Å². The second-order valence-electron chi connectivity index (χ2n) is 19.7. The van der Waals surface area contributed by atoms with Crippen molar-refractivity contribution in [2.24, 2.45) is 0 Å². The number of aliphatic hydroxyl groups excluding tert-OH is 2. The number of ether oxygens (including phenoxy) is 1.